The minimum absolute atomic E-state index is 0.441. The van der Waals surface area contributed by atoms with Crippen molar-refractivity contribution in [1.82, 2.24) is 4.90 Å². The number of carboxylic acid groups (broad SMARTS) is 1. The van der Waals surface area contributed by atoms with Gasteiger partial charge in [-0.2, -0.15) is 0 Å². The Morgan fingerprint density at radius 3 is 2.27 bits per heavy atom. The minimum atomic E-state index is -0.603. The van der Waals surface area contributed by atoms with Crippen LogP contribution in [0.25, 0.3) is 0 Å². The third kappa shape index (κ3) is 2.51. The van der Waals surface area contributed by atoms with Crippen LogP contribution in [-0.2, 0) is 4.79 Å². The maximum atomic E-state index is 11.2. The zero-order chi connectivity index (χ0) is 11.5. The Kier molecular flexibility index (Phi) is 4.14. The zero-order valence-electron chi connectivity index (χ0n) is 10.1. The average molecular weight is 213 g/mol. The average Bonchev–Trinajstić information content (AvgIpc) is 2.28. The first-order chi connectivity index (χ1) is 7.05. The first-order valence-electron chi connectivity index (χ1n) is 6.03. The van der Waals surface area contributed by atoms with Gasteiger partial charge in [-0.15, -0.1) is 0 Å². The Balaban J connectivity index is 2.57. The van der Waals surface area contributed by atoms with Crippen molar-refractivity contribution in [2.45, 2.75) is 52.5 Å². The summed E-state index contributed by atoms with van der Waals surface area (Å²) in [6.45, 7) is 8.28. The molecule has 15 heavy (non-hydrogen) atoms. The first-order valence-corrected chi connectivity index (χ1v) is 6.03. The second-order valence-electron chi connectivity index (χ2n) is 4.73. The van der Waals surface area contributed by atoms with Crippen LogP contribution in [0.2, 0.25) is 0 Å². The largest absolute Gasteiger partial charge is 0.481 e. The number of likely N-dealkylation sites (tertiary alicyclic amines) is 1. The van der Waals surface area contributed by atoms with Gasteiger partial charge in [0.15, 0.2) is 0 Å². The number of rotatable bonds is 4. The van der Waals surface area contributed by atoms with Gasteiger partial charge in [-0.1, -0.05) is 13.8 Å². The van der Waals surface area contributed by atoms with Crippen LogP contribution in [0.4, 0.5) is 0 Å². The topological polar surface area (TPSA) is 40.5 Å². The Labute approximate surface area is 92.5 Å². The SMILES string of the molecule is CCC(C)N1CCC(CC)(C(=O)O)CC1. The molecule has 0 saturated carbocycles. The summed E-state index contributed by atoms with van der Waals surface area (Å²) in [5, 5.41) is 9.25. The standard InChI is InChI=1S/C12H23NO2/c1-4-10(3)13-8-6-12(5-2,7-9-13)11(14)15/h10H,4-9H2,1-3H3,(H,14,15). The van der Waals surface area contributed by atoms with Crippen LogP contribution in [0.3, 0.4) is 0 Å². The van der Waals surface area contributed by atoms with Crippen LogP contribution in [0.1, 0.15) is 46.5 Å². The van der Waals surface area contributed by atoms with E-state index in [1.807, 2.05) is 6.92 Å². The molecule has 0 aromatic carbocycles. The Hall–Kier alpha value is -0.570. The van der Waals surface area contributed by atoms with Crippen LogP contribution in [-0.4, -0.2) is 35.1 Å². The normalized spacial score (nSPS) is 23.7. The molecule has 88 valence electrons. The van der Waals surface area contributed by atoms with E-state index in [1.165, 1.54) is 0 Å². The van der Waals surface area contributed by atoms with Gasteiger partial charge in [0.1, 0.15) is 0 Å². The fourth-order valence-electron chi connectivity index (χ4n) is 2.37. The molecule has 0 bridgehead atoms. The Morgan fingerprint density at radius 2 is 1.93 bits per heavy atom. The van der Waals surface area contributed by atoms with Gasteiger partial charge in [0.2, 0.25) is 0 Å². The van der Waals surface area contributed by atoms with E-state index in [0.717, 1.165) is 38.8 Å². The molecule has 1 aliphatic heterocycles. The number of carboxylic acids is 1. The number of hydrogen-bond acceptors (Lipinski definition) is 2. The van der Waals surface area contributed by atoms with Gasteiger partial charge in [0.25, 0.3) is 0 Å². The molecule has 1 atom stereocenters. The predicted molar refractivity (Wildman–Crippen MR) is 60.9 cm³/mol. The molecule has 1 aliphatic rings. The fraction of sp³-hybridized carbons (Fsp3) is 0.917. The quantitative estimate of drug-likeness (QED) is 0.779. The molecule has 0 aromatic rings. The molecule has 3 heteroatoms. The Morgan fingerprint density at radius 1 is 1.40 bits per heavy atom. The van der Waals surface area contributed by atoms with Crippen LogP contribution in [0.15, 0.2) is 0 Å². The van der Waals surface area contributed by atoms with Gasteiger partial charge in [-0.3, -0.25) is 4.79 Å². The van der Waals surface area contributed by atoms with Gasteiger partial charge in [-0.05, 0) is 45.7 Å². The summed E-state index contributed by atoms with van der Waals surface area (Å²) in [6, 6.07) is 0.591. The maximum Gasteiger partial charge on any atom is 0.309 e. The van der Waals surface area contributed by atoms with Crippen molar-refractivity contribution in [3.8, 4) is 0 Å². The van der Waals surface area contributed by atoms with Crippen molar-refractivity contribution >= 4 is 5.97 Å². The van der Waals surface area contributed by atoms with Gasteiger partial charge >= 0.3 is 5.97 Å². The first kappa shape index (κ1) is 12.5. The predicted octanol–water partition coefficient (Wildman–Crippen LogP) is 2.36. The summed E-state index contributed by atoms with van der Waals surface area (Å²) >= 11 is 0. The molecule has 0 spiro atoms. The summed E-state index contributed by atoms with van der Waals surface area (Å²) in [4.78, 5) is 13.6. The summed E-state index contributed by atoms with van der Waals surface area (Å²) in [6.07, 6.45) is 3.52. The van der Waals surface area contributed by atoms with Crippen molar-refractivity contribution in [2.75, 3.05) is 13.1 Å². The van der Waals surface area contributed by atoms with E-state index in [1.54, 1.807) is 0 Å². The van der Waals surface area contributed by atoms with E-state index in [2.05, 4.69) is 18.7 Å². The third-order valence-electron chi connectivity index (χ3n) is 4.10. The van der Waals surface area contributed by atoms with E-state index in [-0.39, 0.29) is 0 Å². The van der Waals surface area contributed by atoms with Gasteiger partial charge in [-0.25, -0.2) is 0 Å². The molecular weight excluding hydrogens is 190 g/mol. The van der Waals surface area contributed by atoms with E-state index in [4.69, 9.17) is 0 Å². The van der Waals surface area contributed by atoms with E-state index < -0.39 is 11.4 Å². The summed E-state index contributed by atoms with van der Waals surface area (Å²) in [7, 11) is 0. The lowest BCUT2D eigenvalue weighted by atomic mass is 9.76. The van der Waals surface area contributed by atoms with Crippen LogP contribution in [0, 0.1) is 5.41 Å². The molecule has 3 nitrogen and oxygen atoms in total. The molecule has 1 N–H and O–H groups in total. The highest BCUT2D eigenvalue weighted by atomic mass is 16.4. The molecule has 1 unspecified atom stereocenters. The molecular formula is C12H23NO2. The second-order valence-corrected chi connectivity index (χ2v) is 4.73. The lowest BCUT2D eigenvalue weighted by Crippen LogP contribution is -2.46. The van der Waals surface area contributed by atoms with Crippen molar-refractivity contribution in [1.29, 1.82) is 0 Å². The number of nitrogens with zero attached hydrogens (tertiary/aromatic N) is 1. The zero-order valence-corrected chi connectivity index (χ0v) is 10.1. The lowest BCUT2D eigenvalue weighted by Gasteiger charge is -2.40. The van der Waals surface area contributed by atoms with E-state index in [0.29, 0.717) is 6.04 Å². The summed E-state index contributed by atoms with van der Waals surface area (Å²) in [5.74, 6) is -0.603. The minimum Gasteiger partial charge on any atom is -0.481 e. The van der Waals surface area contributed by atoms with Crippen LogP contribution < -0.4 is 0 Å². The molecule has 1 heterocycles. The second kappa shape index (κ2) is 4.97. The van der Waals surface area contributed by atoms with Gasteiger partial charge in [0, 0.05) is 6.04 Å². The van der Waals surface area contributed by atoms with Crippen molar-refractivity contribution in [2.24, 2.45) is 5.41 Å². The number of carbonyl (C=O) groups is 1. The monoisotopic (exact) mass is 213 g/mol. The van der Waals surface area contributed by atoms with Crippen molar-refractivity contribution in [3.63, 3.8) is 0 Å². The third-order valence-corrected chi connectivity index (χ3v) is 4.10. The van der Waals surface area contributed by atoms with E-state index >= 15 is 0 Å². The number of piperidine rings is 1. The van der Waals surface area contributed by atoms with Crippen LogP contribution in [0.5, 0.6) is 0 Å². The smallest absolute Gasteiger partial charge is 0.309 e. The molecule has 0 aliphatic carbocycles. The fourth-order valence-corrected chi connectivity index (χ4v) is 2.37. The molecule has 1 fully saturated rings. The molecule has 0 radical (unpaired) electrons. The molecule has 0 amide bonds. The Bertz CT molecular complexity index is 220. The molecule has 1 rings (SSSR count). The highest BCUT2D eigenvalue weighted by Gasteiger charge is 2.40. The molecule has 1 saturated heterocycles. The summed E-state index contributed by atoms with van der Waals surface area (Å²) < 4.78 is 0. The molecule has 0 aromatic heterocycles. The summed E-state index contributed by atoms with van der Waals surface area (Å²) in [5.41, 5.74) is -0.441. The van der Waals surface area contributed by atoms with Gasteiger partial charge in [0.05, 0.1) is 5.41 Å². The van der Waals surface area contributed by atoms with E-state index in [9.17, 15) is 9.90 Å². The van der Waals surface area contributed by atoms with Gasteiger partial charge < -0.3 is 10.0 Å². The van der Waals surface area contributed by atoms with Crippen LogP contribution >= 0.6 is 0 Å². The van der Waals surface area contributed by atoms with Crippen molar-refractivity contribution in [3.05, 3.63) is 0 Å². The number of hydrogen-bond donors (Lipinski definition) is 1. The number of aliphatic carboxylic acids is 1. The van der Waals surface area contributed by atoms with Crippen molar-refractivity contribution < 1.29 is 9.90 Å². The maximum absolute atomic E-state index is 11.2. The lowest BCUT2D eigenvalue weighted by molar-refractivity contribution is -0.152. The highest BCUT2D eigenvalue weighted by Crippen LogP contribution is 2.35. The highest BCUT2D eigenvalue weighted by molar-refractivity contribution is 5.74.